The van der Waals surface area contributed by atoms with Crippen LogP contribution in [0.3, 0.4) is 0 Å². The number of benzene rings is 1. The molecular formula is C12H9FN2O5. The molecule has 104 valence electrons. The summed E-state index contributed by atoms with van der Waals surface area (Å²) in [5, 5.41) is 14.4. The molecule has 0 radical (unpaired) electrons. The highest BCUT2D eigenvalue weighted by atomic mass is 19.1. The van der Waals surface area contributed by atoms with Crippen molar-refractivity contribution in [2.75, 3.05) is 0 Å². The molecule has 0 spiro atoms. The first kappa shape index (κ1) is 13.7. The Morgan fingerprint density at radius 3 is 2.70 bits per heavy atom. The zero-order chi connectivity index (χ0) is 14.9. The van der Waals surface area contributed by atoms with Gasteiger partial charge in [-0.25, -0.2) is 9.18 Å². The van der Waals surface area contributed by atoms with Crippen LogP contribution >= 0.6 is 0 Å². The number of nitrogens with zero attached hydrogens (tertiary/aromatic N) is 2. The van der Waals surface area contributed by atoms with Crippen LogP contribution in [-0.2, 0) is 0 Å². The van der Waals surface area contributed by atoms with Crippen LogP contribution in [0.2, 0.25) is 0 Å². The van der Waals surface area contributed by atoms with Crippen molar-refractivity contribution in [1.29, 1.82) is 0 Å². The molecule has 0 aliphatic rings. The van der Waals surface area contributed by atoms with Crippen LogP contribution in [0.5, 0.6) is 5.75 Å². The lowest BCUT2D eigenvalue weighted by Crippen LogP contribution is -2.11. The fourth-order valence-corrected chi connectivity index (χ4v) is 1.65. The lowest BCUT2D eigenvalue weighted by Gasteiger charge is -2.04. The fourth-order valence-electron chi connectivity index (χ4n) is 1.65. The maximum atomic E-state index is 13.1. The van der Waals surface area contributed by atoms with E-state index in [1.807, 2.05) is 0 Å². The molecule has 2 rings (SSSR count). The molecule has 0 aliphatic heterocycles. The second kappa shape index (κ2) is 5.08. The summed E-state index contributed by atoms with van der Waals surface area (Å²) < 4.78 is 22.8. The molecule has 20 heavy (non-hydrogen) atoms. The number of aryl methyl sites for hydroxylation is 2. The SMILES string of the molecule is Cc1noc(C)c1C(=O)Oc1cc(F)ccc1[N+](=O)[O-]. The minimum atomic E-state index is -0.894. The summed E-state index contributed by atoms with van der Waals surface area (Å²) in [4.78, 5) is 22.0. The van der Waals surface area contributed by atoms with Crippen LogP contribution < -0.4 is 4.74 Å². The average Bonchev–Trinajstić information content (AvgIpc) is 2.68. The molecule has 0 fully saturated rings. The molecule has 0 N–H and O–H groups in total. The van der Waals surface area contributed by atoms with Crippen LogP contribution in [-0.4, -0.2) is 16.0 Å². The number of rotatable bonds is 3. The van der Waals surface area contributed by atoms with E-state index in [1.165, 1.54) is 13.8 Å². The second-order valence-corrected chi connectivity index (χ2v) is 3.96. The maximum Gasteiger partial charge on any atom is 0.349 e. The number of nitro benzene ring substituents is 1. The zero-order valence-electron chi connectivity index (χ0n) is 10.5. The summed E-state index contributed by atoms with van der Waals surface area (Å²) in [6.45, 7) is 3.02. The minimum absolute atomic E-state index is 0.0589. The molecule has 7 nitrogen and oxygen atoms in total. The van der Waals surface area contributed by atoms with Crippen molar-refractivity contribution in [3.63, 3.8) is 0 Å². The molecule has 0 unspecified atom stereocenters. The Labute approximate surface area is 112 Å². The Morgan fingerprint density at radius 1 is 1.45 bits per heavy atom. The van der Waals surface area contributed by atoms with Crippen molar-refractivity contribution >= 4 is 11.7 Å². The third kappa shape index (κ3) is 2.48. The van der Waals surface area contributed by atoms with E-state index in [-0.39, 0.29) is 17.0 Å². The van der Waals surface area contributed by atoms with Crippen molar-refractivity contribution in [3.05, 3.63) is 51.1 Å². The molecule has 1 heterocycles. The maximum absolute atomic E-state index is 13.1. The van der Waals surface area contributed by atoms with Gasteiger partial charge in [-0.3, -0.25) is 10.1 Å². The van der Waals surface area contributed by atoms with E-state index in [0.29, 0.717) is 0 Å². The predicted octanol–water partition coefficient (Wildman–Crippen LogP) is 2.56. The molecule has 0 saturated carbocycles. The van der Waals surface area contributed by atoms with Gasteiger partial charge in [0.25, 0.3) is 0 Å². The van der Waals surface area contributed by atoms with Gasteiger partial charge in [-0.2, -0.15) is 0 Å². The number of carbonyl (C=O) groups excluding carboxylic acids is 1. The van der Waals surface area contributed by atoms with Gasteiger partial charge in [0.2, 0.25) is 5.75 Å². The first-order chi connectivity index (χ1) is 9.40. The minimum Gasteiger partial charge on any atom is -0.415 e. The predicted molar refractivity (Wildman–Crippen MR) is 64.0 cm³/mol. The van der Waals surface area contributed by atoms with Crippen molar-refractivity contribution in [1.82, 2.24) is 5.16 Å². The number of hydrogen-bond donors (Lipinski definition) is 0. The molecule has 0 saturated heterocycles. The van der Waals surface area contributed by atoms with E-state index in [0.717, 1.165) is 18.2 Å². The van der Waals surface area contributed by atoms with Gasteiger partial charge >= 0.3 is 11.7 Å². The van der Waals surface area contributed by atoms with Crippen LogP contribution in [0.15, 0.2) is 22.7 Å². The van der Waals surface area contributed by atoms with Gasteiger partial charge in [-0.15, -0.1) is 0 Å². The summed E-state index contributed by atoms with van der Waals surface area (Å²) in [7, 11) is 0. The van der Waals surface area contributed by atoms with Crippen LogP contribution in [0, 0.1) is 29.8 Å². The lowest BCUT2D eigenvalue weighted by atomic mass is 10.2. The van der Waals surface area contributed by atoms with Crippen molar-refractivity contribution in [2.45, 2.75) is 13.8 Å². The highest BCUT2D eigenvalue weighted by Gasteiger charge is 2.24. The number of ether oxygens (including phenoxy) is 1. The number of carbonyl (C=O) groups is 1. The van der Waals surface area contributed by atoms with Crippen LogP contribution in [0.1, 0.15) is 21.8 Å². The van der Waals surface area contributed by atoms with Gasteiger partial charge in [0, 0.05) is 12.1 Å². The Kier molecular flexibility index (Phi) is 3.47. The Bertz CT molecular complexity index is 676. The molecule has 0 atom stereocenters. The summed E-state index contributed by atoms with van der Waals surface area (Å²) >= 11 is 0. The topological polar surface area (TPSA) is 95.5 Å². The third-order valence-corrected chi connectivity index (χ3v) is 2.56. The average molecular weight is 280 g/mol. The van der Waals surface area contributed by atoms with Crippen molar-refractivity contribution in [3.8, 4) is 5.75 Å². The van der Waals surface area contributed by atoms with Crippen molar-refractivity contribution in [2.24, 2.45) is 0 Å². The summed E-state index contributed by atoms with van der Waals surface area (Å²) in [5.74, 6) is -1.90. The fraction of sp³-hybridized carbons (Fsp3) is 0.167. The summed E-state index contributed by atoms with van der Waals surface area (Å²) in [6, 6.07) is 2.60. The van der Waals surface area contributed by atoms with Gasteiger partial charge in [0.1, 0.15) is 17.1 Å². The first-order valence-corrected chi connectivity index (χ1v) is 5.49. The van der Waals surface area contributed by atoms with E-state index in [4.69, 9.17) is 9.26 Å². The van der Waals surface area contributed by atoms with Gasteiger partial charge in [-0.05, 0) is 19.9 Å². The second-order valence-electron chi connectivity index (χ2n) is 3.96. The monoisotopic (exact) mass is 280 g/mol. The Balaban J connectivity index is 2.37. The molecule has 1 aromatic carbocycles. The molecule has 0 bridgehead atoms. The lowest BCUT2D eigenvalue weighted by molar-refractivity contribution is -0.385. The normalized spacial score (nSPS) is 10.3. The highest BCUT2D eigenvalue weighted by molar-refractivity contribution is 5.93. The van der Waals surface area contributed by atoms with Gasteiger partial charge in [0.05, 0.1) is 10.6 Å². The highest BCUT2D eigenvalue weighted by Crippen LogP contribution is 2.28. The van der Waals surface area contributed by atoms with E-state index < -0.39 is 28.1 Å². The van der Waals surface area contributed by atoms with E-state index >= 15 is 0 Å². The van der Waals surface area contributed by atoms with Gasteiger partial charge in [-0.1, -0.05) is 5.16 Å². The van der Waals surface area contributed by atoms with Crippen molar-refractivity contribution < 1.29 is 23.4 Å². The zero-order valence-corrected chi connectivity index (χ0v) is 10.5. The molecule has 0 amide bonds. The first-order valence-electron chi connectivity index (χ1n) is 5.49. The number of halogens is 1. The number of aromatic nitrogens is 1. The van der Waals surface area contributed by atoms with E-state index in [1.54, 1.807) is 0 Å². The molecular weight excluding hydrogens is 271 g/mol. The van der Waals surface area contributed by atoms with Gasteiger partial charge < -0.3 is 9.26 Å². The summed E-state index contributed by atoms with van der Waals surface area (Å²) in [5.41, 5.74) is -0.165. The number of esters is 1. The van der Waals surface area contributed by atoms with Crippen LogP contribution in [0.25, 0.3) is 0 Å². The van der Waals surface area contributed by atoms with Crippen LogP contribution in [0.4, 0.5) is 10.1 Å². The molecule has 8 heteroatoms. The smallest absolute Gasteiger partial charge is 0.349 e. The number of nitro groups is 1. The molecule has 0 aliphatic carbocycles. The third-order valence-electron chi connectivity index (χ3n) is 2.56. The van der Waals surface area contributed by atoms with E-state index in [2.05, 4.69) is 5.16 Å². The van der Waals surface area contributed by atoms with E-state index in [9.17, 15) is 19.3 Å². The number of hydrogen-bond acceptors (Lipinski definition) is 6. The largest absolute Gasteiger partial charge is 0.415 e. The van der Waals surface area contributed by atoms with Gasteiger partial charge in [0.15, 0.2) is 0 Å². The summed E-state index contributed by atoms with van der Waals surface area (Å²) in [6.07, 6.45) is 0. The Morgan fingerprint density at radius 2 is 2.15 bits per heavy atom. The quantitative estimate of drug-likeness (QED) is 0.371. The standard InChI is InChI=1S/C12H9FN2O5/c1-6-11(7(2)20-14-6)12(16)19-10-5-8(13)3-4-9(10)15(17)18/h3-5H,1-2H3. The Hall–Kier alpha value is -2.77. The molecule has 2 aromatic rings. The molecule has 1 aromatic heterocycles.